The molecule has 0 amide bonds. The normalized spacial score (nSPS) is 11.9. The standard InChI is InChI=1S/C25H34N2O7S2/c1-16(2)14-33-23-12-20(13-28)7-8-21(23)22-11-17(3)35-25(22)36(29,30)27(15-32-10-9-31-6)24-18(4)19(5)34-26-24/h7-8,11-12,16,28H,9-10,13-15H2,1-6H3. The van der Waals surface area contributed by atoms with Gasteiger partial charge in [0.1, 0.15) is 22.4 Å². The Kier molecular flexibility index (Phi) is 9.53. The first-order chi connectivity index (χ1) is 17.1. The van der Waals surface area contributed by atoms with Gasteiger partial charge in [-0.05, 0) is 44.4 Å². The second-order valence-electron chi connectivity index (χ2n) is 8.82. The Morgan fingerprint density at radius 1 is 1.14 bits per heavy atom. The first-order valence-electron chi connectivity index (χ1n) is 11.6. The summed E-state index contributed by atoms with van der Waals surface area (Å²) in [5, 5.41) is 13.7. The number of hydrogen-bond donors (Lipinski definition) is 1. The fourth-order valence-electron chi connectivity index (χ4n) is 3.41. The molecule has 0 aliphatic carbocycles. The third kappa shape index (κ3) is 6.27. The SMILES string of the molecule is COCCOCN(c1noc(C)c1C)S(=O)(=O)c1sc(C)cc1-c1ccc(CO)cc1OCC(C)C. The van der Waals surface area contributed by atoms with Crippen LogP contribution >= 0.6 is 11.3 Å². The second kappa shape index (κ2) is 12.2. The Morgan fingerprint density at radius 3 is 2.50 bits per heavy atom. The Bertz CT molecular complexity index is 1270. The number of aryl methyl sites for hydroxylation is 2. The van der Waals surface area contributed by atoms with E-state index in [4.69, 9.17) is 18.7 Å². The number of sulfonamides is 1. The molecule has 0 unspecified atom stereocenters. The molecule has 11 heteroatoms. The lowest BCUT2D eigenvalue weighted by atomic mass is 10.0. The van der Waals surface area contributed by atoms with Crippen molar-refractivity contribution in [1.29, 1.82) is 0 Å². The zero-order chi connectivity index (χ0) is 26.5. The lowest BCUT2D eigenvalue weighted by Gasteiger charge is -2.23. The maximum atomic E-state index is 14.1. The molecule has 0 saturated heterocycles. The number of aliphatic hydroxyl groups is 1. The van der Waals surface area contributed by atoms with E-state index in [0.29, 0.717) is 47.0 Å². The molecule has 0 saturated carbocycles. The van der Waals surface area contributed by atoms with Crippen molar-refractivity contribution in [3.8, 4) is 16.9 Å². The van der Waals surface area contributed by atoms with Gasteiger partial charge in [-0.25, -0.2) is 12.7 Å². The van der Waals surface area contributed by atoms with Gasteiger partial charge < -0.3 is 23.8 Å². The summed E-state index contributed by atoms with van der Waals surface area (Å²) in [6.45, 7) is 9.98. The minimum absolute atomic E-state index is 0.140. The maximum absolute atomic E-state index is 14.1. The van der Waals surface area contributed by atoms with E-state index >= 15 is 0 Å². The van der Waals surface area contributed by atoms with Gasteiger partial charge in [0.2, 0.25) is 0 Å². The lowest BCUT2D eigenvalue weighted by Crippen LogP contribution is -2.34. The number of aromatic nitrogens is 1. The van der Waals surface area contributed by atoms with Crippen LogP contribution in [0.15, 0.2) is 33.0 Å². The van der Waals surface area contributed by atoms with Gasteiger partial charge in [0.05, 0.1) is 26.4 Å². The smallest absolute Gasteiger partial charge is 0.277 e. The van der Waals surface area contributed by atoms with Crippen LogP contribution in [0.4, 0.5) is 5.82 Å². The van der Waals surface area contributed by atoms with Gasteiger partial charge >= 0.3 is 0 Å². The van der Waals surface area contributed by atoms with Crippen LogP contribution in [0, 0.1) is 26.7 Å². The molecule has 0 atom stereocenters. The van der Waals surface area contributed by atoms with Gasteiger partial charge in [-0.1, -0.05) is 31.1 Å². The molecule has 9 nitrogen and oxygen atoms in total. The van der Waals surface area contributed by atoms with Gasteiger partial charge in [-0.3, -0.25) is 0 Å². The van der Waals surface area contributed by atoms with Gasteiger partial charge in [0.25, 0.3) is 10.0 Å². The average molecular weight is 539 g/mol. The molecule has 0 fully saturated rings. The molecule has 2 heterocycles. The number of thiophene rings is 1. The number of hydrogen-bond acceptors (Lipinski definition) is 9. The number of methoxy groups -OCH3 is 1. The largest absolute Gasteiger partial charge is 0.493 e. The van der Waals surface area contributed by atoms with Crippen molar-refractivity contribution in [2.45, 2.75) is 45.4 Å². The molecule has 1 aromatic carbocycles. The molecule has 0 radical (unpaired) electrons. The highest BCUT2D eigenvalue weighted by atomic mass is 32.2. The summed E-state index contributed by atoms with van der Waals surface area (Å²) in [6, 6.07) is 7.13. The Labute approximate surface area is 216 Å². The van der Waals surface area contributed by atoms with Crippen molar-refractivity contribution in [1.82, 2.24) is 5.16 Å². The topological polar surface area (TPSA) is 111 Å². The monoisotopic (exact) mass is 538 g/mol. The van der Waals surface area contributed by atoms with Crippen LogP contribution in [0.5, 0.6) is 5.75 Å². The van der Waals surface area contributed by atoms with Crippen molar-refractivity contribution in [3.05, 3.63) is 46.0 Å². The van der Waals surface area contributed by atoms with E-state index in [0.717, 1.165) is 9.18 Å². The van der Waals surface area contributed by atoms with Gasteiger partial charge in [0.15, 0.2) is 5.82 Å². The van der Waals surface area contributed by atoms with Crippen LogP contribution in [0.1, 0.15) is 35.6 Å². The van der Waals surface area contributed by atoms with Crippen LogP contribution in [0.25, 0.3) is 11.1 Å². The van der Waals surface area contributed by atoms with E-state index in [1.54, 1.807) is 39.2 Å². The van der Waals surface area contributed by atoms with Crippen LogP contribution in [-0.4, -0.2) is 52.3 Å². The fourth-order valence-corrected chi connectivity index (χ4v) is 6.50. The molecule has 1 N–H and O–H groups in total. The summed E-state index contributed by atoms with van der Waals surface area (Å²) in [5.74, 6) is 1.48. The zero-order valence-electron chi connectivity index (χ0n) is 21.5. The Morgan fingerprint density at radius 2 is 1.89 bits per heavy atom. The quantitative estimate of drug-likeness (QED) is 0.247. The summed E-state index contributed by atoms with van der Waals surface area (Å²) in [6.07, 6.45) is 0. The van der Waals surface area contributed by atoms with Crippen molar-refractivity contribution >= 4 is 27.2 Å². The van der Waals surface area contributed by atoms with Crippen LogP contribution in [-0.2, 0) is 26.1 Å². The summed E-state index contributed by atoms with van der Waals surface area (Å²) < 4.78 is 51.5. The molecule has 0 spiro atoms. The first kappa shape index (κ1) is 28.1. The van der Waals surface area contributed by atoms with Crippen molar-refractivity contribution in [3.63, 3.8) is 0 Å². The summed E-state index contributed by atoms with van der Waals surface area (Å²) in [7, 11) is -2.57. The molecular formula is C25H34N2O7S2. The molecule has 2 aromatic heterocycles. The molecule has 0 aliphatic heterocycles. The van der Waals surface area contributed by atoms with Gasteiger partial charge in [0, 0.05) is 28.7 Å². The number of ether oxygens (including phenoxy) is 3. The maximum Gasteiger partial charge on any atom is 0.277 e. The Hall–Kier alpha value is -2.44. The van der Waals surface area contributed by atoms with Gasteiger partial charge in [-0.15, -0.1) is 11.3 Å². The Balaban J connectivity index is 2.12. The number of benzene rings is 1. The molecule has 3 aromatic rings. The zero-order valence-corrected chi connectivity index (χ0v) is 23.2. The molecule has 0 bridgehead atoms. The molecule has 198 valence electrons. The molecular weight excluding hydrogens is 504 g/mol. The fraction of sp³-hybridized carbons (Fsp3) is 0.480. The lowest BCUT2D eigenvalue weighted by molar-refractivity contribution is 0.0753. The highest BCUT2D eigenvalue weighted by Gasteiger charge is 2.34. The third-order valence-electron chi connectivity index (χ3n) is 5.45. The summed E-state index contributed by atoms with van der Waals surface area (Å²) >= 11 is 1.17. The highest BCUT2D eigenvalue weighted by Crippen LogP contribution is 2.42. The predicted molar refractivity (Wildman–Crippen MR) is 139 cm³/mol. The van der Waals surface area contributed by atoms with Crippen molar-refractivity contribution < 1.29 is 32.3 Å². The predicted octanol–water partition coefficient (Wildman–Crippen LogP) is 4.67. The number of anilines is 1. The van der Waals surface area contributed by atoms with Gasteiger partial charge in [-0.2, -0.15) is 0 Å². The molecule has 3 rings (SSSR count). The second-order valence-corrected chi connectivity index (χ2v) is 12.1. The van der Waals surface area contributed by atoms with Crippen LogP contribution in [0.3, 0.4) is 0 Å². The minimum Gasteiger partial charge on any atom is -0.493 e. The highest BCUT2D eigenvalue weighted by molar-refractivity contribution is 7.95. The van der Waals surface area contributed by atoms with Crippen LogP contribution in [0.2, 0.25) is 0 Å². The minimum atomic E-state index is -4.11. The van der Waals surface area contributed by atoms with E-state index in [9.17, 15) is 13.5 Å². The first-order valence-corrected chi connectivity index (χ1v) is 13.9. The van der Waals surface area contributed by atoms with Crippen molar-refractivity contribution in [2.75, 3.05) is 38.0 Å². The number of rotatable bonds is 13. The van der Waals surface area contributed by atoms with E-state index < -0.39 is 10.0 Å². The molecule has 36 heavy (non-hydrogen) atoms. The molecule has 0 aliphatic rings. The summed E-state index contributed by atoms with van der Waals surface area (Å²) in [5.41, 5.74) is 2.43. The number of nitrogens with zero attached hydrogens (tertiary/aromatic N) is 2. The third-order valence-corrected chi connectivity index (χ3v) is 8.72. The number of aliphatic hydroxyl groups excluding tert-OH is 1. The van der Waals surface area contributed by atoms with Crippen molar-refractivity contribution in [2.24, 2.45) is 5.92 Å². The van der Waals surface area contributed by atoms with E-state index in [-0.39, 0.29) is 35.9 Å². The van der Waals surface area contributed by atoms with E-state index in [2.05, 4.69) is 5.16 Å². The van der Waals surface area contributed by atoms with Crippen LogP contribution < -0.4 is 9.04 Å². The summed E-state index contributed by atoms with van der Waals surface area (Å²) in [4.78, 5) is 0.818. The van der Waals surface area contributed by atoms with E-state index in [1.165, 1.54) is 11.3 Å². The average Bonchev–Trinajstić information content (AvgIpc) is 3.39. The van der Waals surface area contributed by atoms with E-state index in [1.807, 2.05) is 26.8 Å².